The molecule has 0 saturated carbocycles. The normalized spacial score (nSPS) is 17.2. The van der Waals surface area contributed by atoms with Crippen LogP contribution in [-0.2, 0) is 13.0 Å². The predicted octanol–water partition coefficient (Wildman–Crippen LogP) is 3.36. The topological polar surface area (TPSA) is 40.3 Å². The highest BCUT2D eigenvalue weighted by Crippen LogP contribution is 2.39. The zero-order chi connectivity index (χ0) is 19.7. The number of hydrogen-bond acceptors (Lipinski definition) is 4. The summed E-state index contributed by atoms with van der Waals surface area (Å²) in [6.07, 6.45) is 5.77. The monoisotopic (exact) mass is 390 g/mol. The van der Waals surface area contributed by atoms with Gasteiger partial charge in [0.25, 0.3) is 0 Å². The van der Waals surface area contributed by atoms with Gasteiger partial charge in [0.2, 0.25) is 0 Å². The van der Waals surface area contributed by atoms with E-state index in [2.05, 4.69) is 52.4 Å². The van der Waals surface area contributed by atoms with Crippen LogP contribution >= 0.6 is 0 Å². The van der Waals surface area contributed by atoms with Gasteiger partial charge in [-0.3, -0.25) is 4.99 Å². The molecular formula is C26H22N4. The Bertz CT molecular complexity index is 1580. The minimum atomic E-state index is 0.736. The second-order valence-electron chi connectivity index (χ2n) is 8.66. The van der Waals surface area contributed by atoms with Crippen LogP contribution in [0.15, 0.2) is 57.4 Å². The molecule has 0 atom stereocenters. The second-order valence-corrected chi connectivity index (χ2v) is 8.66. The van der Waals surface area contributed by atoms with Crippen molar-refractivity contribution < 1.29 is 0 Å². The highest BCUT2D eigenvalue weighted by molar-refractivity contribution is 5.90. The molecule has 7 rings (SSSR count). The molecule has 3 aromatic rings. The predicted molar refractivity (Wildman–Crippen MR) is 117 cm³/mol. The zero-order valence-corrected chi connectivity index (χ0v) is 16.9. The van der Waals surface area contributed by atoms with Gasteiger partial charge < -0.3 is 4.90 Å². The van der Waals surface area contributed by atoms with E-state index in [1.807, 2.05) is 6.21 Å². The highest BCUT2D eigenvalue weighted by atomic mass is 15.1. The van der Waals surface area contributed by atoms with E-state index in [9.17, 15) is 0 Å². The van der Waals surface area contributed by atoms with Crippen LogP contribution in [0.1, 0.15) is 29.5 Å². The first-order valence-corrected chi connectivity index (χ1v) is 11.0. The Balaban J connectivity index is 1.51. The van der Waals surface area contributed by atoms with Crippen molar-refractivity contribution in [3.05, 3.63) is 90.7 Å². The fourth-order valence-corrected chi connectivity index (χ4v) is 5.53. The van der Waals surface area contributed by atoms with Gasteiger partial charge in [-0.2, -0.15) is 0 Å². The van der Waals surface area contributed by atoms with Crippen LogP contribution in [0, 0.1) is 20.9 Å². The van der Waals surface area contributed by atoms with E-state index in [-0.39, 0.29) is 0 Å². The lowest BCUT2D eigenvalue weighted by atomic mass is 9.99. The molecule has 4 aliphatic rings. The molecule has 146 valence electrons. The van der Waals surface area contributed by atoms with Crippen LogP contribution in [0.3, 0.4) is 0 Å². The molecule has 4 heteroatoms. The molecule has 0 aliphatic carbocycles. The second kappa shape index (κ2) is 6.19. The van der Waals surface area contributed by atoms with Crippen LogP contribution in [0.2, 0.25) is 0 Å². The number of para-hydroxylation sites is 2. The average Bonchev–Trinajstić information content (AvgIpc) is 3.55. The van der Waals surface area contributed by atoms with Gasteiger partial charge in [-0.15, -0.1) is 0 Å². The van der Waals surface area contributed by atoms with E-state index in [1.54, 1.807) is 0 Å². The summed E-state index contributed by atoms with van der Waals surface area (Å²) in [4.78, 5) is 17.5. The average molecular weight is 390 g/mol. The maximum absolute atomic E-state index is 5.22. The van der Waals surface area contributed by atoms with Gasteiger partial charge in [0, 0.05) is 39.2 Å². The van der Waals surface area contributed by atoms with Crippen LogP contribution in [0.4, 0.5) is 11.4 Å². The molecule has 3 aromatic carbocycles. The standard InChI is InChI=1S/C26H22N4/c1-2-9-21-17(7-1)22-19-14-27-15-20(19)23-18-8-5-6-16(10-13-30-11-3-4-12-30)24(18)29-26(23)25(22)28-21/h1-2,5-9,14H,3-4,10-13,15H2. The summed E-state index contributed by atoms with van der Waals surface area (Å²) >= 11 is 0. The lowest BCUT2D eigenvalue weighted by Gasteiger charge is -2.14. The van der Waals surface area contributed by atoms with Gasteiger partial charge in [-0.25, -0.2) is 9.98 Å². The van der Waals surface area contributed by atoms with Gasteiger partial charge in [0.15, 0.2) is 0 Å². The van der Waals surface area contributed by atoms with E-state index >= 15 is 0 Å². The molecule has 4 aliphatic heterocycles. The van der Waals surface area contributed by atoms with Crippen molar-refractivity contribution in [3.8, 4) is 0 Å². The number of likely N-dealkylation sites (tertiary alicyclic amines) is 1. The smallest absolute Gasteiger partial charge is 0.0986 e. The molecule has 0 aromatic heterocycles. The number of benzene rings is 3. The Morgan fingerprint density at radius 3 is 2.60 bits per heavy atom. The summed E-state index contributed by atoms with van der Waals surface area (Å²) in [7, 11) is 0. The number of aliphatic imine (C=N–C) groups is 1. The van der Waals surface area contributed by atoms with Gasteiger partial charge in [0.1, 0.15) is 0 Å². The molecule has 0 bridgehead atoms. The van der Waals surface area contributed by atoms with Crippen molar-refractivity contribution in [1.82, 2.24) is 4.90 Å². The van der Waals surface area contributed by atoms with Crippen LogP contribution < -0.4 is 10.7 Å². The Morgan fingerprint density at radius 1 is 0.833 bits per heavy atom. The maximum atomic E-state index is 5.22. The summed E-state index contributed by atoms with van der Waals surface area (Å²) in [5.74, 6) is 0. The SMILES string of the molecule is C1=NCc2c1c1c(c3c2=c2cccc(CCN4CCCC4)c2=N3)N=c2ccccc2=1. The molecule has 30 heavy (non-hydrogen) atoms. The molecule has 0 radical (unpaired) electrons. The number of hydrogen-bond donors (Lipinski definition) is 0. The number of nitrogens with zero attached hydrogens (tertiary/aromatic N) is 4. The Hall–Kier alpha value is -3.11. The first kappa shape index (κ1) is 16.7. The van der Waals surface area contributed by atoms with Gasteiger partial charge >= 0.3 is 0 Å². The largest absolute Gasteiger partial charge is 0.303 e. The van der Waals surface area contributed by atoms with Crippen molar-refractivity contribution in [1.29, 1.82) is 0 Å². The van der Waals surface area contributed by atoms with Crippen LogP contribution in [0.25, 0.3) is 0 Å². The highest BCUT2D eigenvalue weighted by Gasteiger charge is 2.24. The van der Waals surface area contributed by atoms with Crippen molar-refractivity contribution in [2.45, 2.75) is 25.8 Å². The zero-order valence-electron chi connectivity index (χ0n) is 16.9. The number of fused-ring (bicyclic) bond motifs is 8. The van der Waals surface area contributed by atoms with Crippen molar-refractivity contribution in [2.75, 3.05) is 19.6 Å². The van der Waals surface area contributed by atoms with Crippen molar-refractivity contribution in [2.24, 2.45) is 15.0 Å². The lowest BCUT2D eigenvalue weighted by Crippen LogP contribution is -2.24. The van der Waals surface area contributed by atoms with E-state index in [4.69, 9.17) is 9.98 Å². The Morgan fingerprint density at radius 2 is 1.67 bits per heavy atom. The summed E-state index contributed by atoms with van der Waals surface area (Å²) in [6.45, 7) is 4.33. The summed E-state index contributed by atoms with van der Waals surface area (Å²) in [5, 5.41) is 7.15. The Labute approximate surface area is 174 Å². The molecule has 0 spiro atoms. The maximum Gasteiger partial charge on any atom is 0.0986 e. The lowest BCUT2D eigenvalue weighted by molar-refractivity contribution is 0.343. The molecule has 4 nitrogen and oxygen atoms in total. The molecule has 0 unspecified atom stereocenters. The van der Waals surface area contributed by atoms with E-state index in [1.165, 1.54) is 63.5 Å². The first-order chi connectivity index (χ1) is 14.9. The first-order valence-electron chi connectivity index (χ1n) is 11.0. The molecule has 0 N–H and O–H groups in total. The summed E-state index contributed by atoms with van der Waals surface area (Å²) in [5.41, 5.74) is 5.99. The molecule has 4 heterocycles. The van der Waals surface area contributed by atoms with Crippen LogP contribution in [-0.4, -0.2) is 30.7 Å². The van der Waals surface area contributed by atoms with Crippen molar-refractivity contribution >= 4 is 17.6 Å². The minimum absolute atomic E-state index is 0.736. The third-order valence-corrected chi connectivity index (χ3v) is 6.98. The van der Waals surface area contributed by atoms with Gasteiger partial charge in [-0.05, 0) is 49.5 Å². The Kier molecular flexibility index (Phi) is 3.44. The summed E-state index contributed by atoms with van der Waals surface area (Å²) in [6, 6.07) is 15.1. The van der Waals surface area contributed by atoms with Crippen molar-refractivity contribution in [3.63, 3.8) is 0 Å². The van der Waals surface area contributed by atoms with Gasteiger partial charge in [0.05, 0.1) is 28.6 Å². The van der Waals surface area contributed by atoms with Gasteiger partial charge in [-0.1, -0.05) is 36.4 Å². The van der Waals surface area contributed by atoms with E-state index < -0.39 is 0 Å². The minimum Gasteiger partial charge on any atom is -0.303 e. The molecule has 1 saturated heterocycles. The fraction of sp³-hybridized carbons (Fsp3) is 0.269. The summed E-state index contributed by atoms with van der Waals surface area (Å²) < 4.78 is 0. The molecule has 0 amide bonds. The van der Waals surface area contributed by atoms with E-state index in [0.29, 0.717) is 0 Å². The van der Waals surface area contributed by atoms with Crippen LogP contribution in [0.5, 0.6) is 0 Å². The third kappa shape index (κ3) is 2.23. The number of rotatable bonds is 3. The molecule has 1 fully saturated rings. The third-order valence-electron chi connectivity index (χ3n) is 6.98. The quantitative estimate of drug-likeness (QED) is 0.466. The van der Waals surface area contributed by atoms with E-state index in [0.717, 1.165) is 41.6 Å². The molecular weight excluding hydrogens is 368 g/mol. The fourth-order valence-electron chi connectivity index (χ4n) is 5.53.